The molecule has 0 spiro atoms. The van der Waals surface area contributed by atoms with Crippen LogP contribution in [-0.2, 0) is 0 Å². The van der Waals surface area contributed by atoms with Crippen molar-refractivity contribution in [3.63, 3.8) is 0 Å². The van der Waals surface area contributed by atoms with Gasteiger partial charge in [-0.1, -0.05) is 41.9 Å². The lowest BCUT2D eigenvalue weighted by atomic mass is 10.1. The molecule has 0 radical (unpaired) electrons. The summed E-state index contributed by atoms with van der Waals surface area (Å²) in [6.45, 7) is 1.60. The normalized spacial score (nSPS) is 13.7. The van der Waals surface area contributed by atoms with Gasteiger partial charge in [0.25, 0.3) is 0 Å². The number of imidazole rings is 1. The van der Waals surface area contributed by atoms with Gasteiger partial charge in [-0.05, 0) is 36.6 Å². The fraction of sp³-hybridized carbons (Fsp3) is 0.174. The number of nitrogens with zero attached hydrogens (tertiary/aromatic N) is 4. The molecule has 2 amide bonds. The zero-order valence-corrected chi connectivity index (χ0v) is 17.0. The van der Waals surface area contributed by atoms with Crippen LogP contribution in [0.2, 0.25) is 5.02 Å². The predicted molar refractivity (Wildman–Crippen MR) is 119 cm³/mol. The van der Waals surface area contributed by atoms with Crippen molar-refractivity contribution in [1.82, 2.24) is 19.3 Å². The molecule has 30 heavy (non-hydrogen) atoms. The Labute approximate surface area is 179 Å². The molecule has 0 bridgehead atoms. The van der Waals surface area contributed by atoms with E-state index in [0.717, 1.165) is 42.6 Å². The third-order valence-corrected chi connectivity index (χ3v) is 5.63. The molecule has 0 saturated carbocycles. The minimum atomic E-state index is -0.0788. The van der Waals surface area contributed by atoms with Crippen molar-refractivity contribution in [2.75, 3.05) is 18.4 Å². The first-order valence-electron chi connectivity index (χ1n) is 9.93. The molecule has 1 saturated heterocycles. The molecule has 1 fully saturated rings. The van der Waals surface area contributed by atoms with E-state index in [1.165, 1.54) is 0 Å². The van der Waals surface area contributed by atoms with Gasteiger partial charge in [-0.15, -0.1) is 0 Å². The number of carbonyl (C=O) groups is 1. The van der Waals surface area contributed by atoms with Crippen molar-refractivity contribution >= 4 is 29.1 Å². The molecule has 5 rings (SSSR count). The van der Waals surface area contributed by atoms with Crippen LogP contribution in [0.25, 0.3) is 28.2 Å². The molecule has 1 N–H and O–H groups in total. The summed E-state index contributed by atoms with van der Waals surface area (Å²) in [6.07, 6.45) is 7.83. The van der Waals surface area contributed by atoms with Crippen LogP contribution >= 0.6 is 11.6 Å². The fourth-order valence-corrected chi connectivity index (χ4v) is 3.93. The molecule has 7 heteroatoms. The summed E-state index contributed by atoms with van der Waals surface area (Å²) in [5, 5.41) is 3.53. The van der Waals surface area contributed by atoms with Crippen molar-refractivity contribution in [1.29, 1.82) is 0 Å². The number of hydrogen-bond donors (Lipinski definition) is 1. The van der Waals surface area contributed by atoms with Crippen molar-refractivity contribution in [2.24, 2.45) is 0 Å². The zero-order chi connectivity index (χ0) is 20.5. The molecule has 1 aliphatic rings. The number of likely N-dealkylation sites (tertiary alicyclic amines) is 1. The van der Waals surface area contributed by atoms with Crippen LogP contribution in [0.3, 0.4) is 0 Å². The van der Waals surface area contributed by atoms with Gasteiger partial charge in [-0.2, -0.15) is 0 Å². The Morgan fingerprint density at radius 3 is 2.60 bits per heavy atom. The second-order valence-electron chi connectivity index (χ2n) is 7.36. The van der Waals surface area contributed by atoms with Crippen LogP contribution in [0.15, 0.2) is 67.1 Å². The van der Waals surface area contributed by atoms with Gasteiger partial charge in [-0.25, -0.2) is 14.8 Å². The molecular formula is C23H20ClN5O. The Kier molecular flexibility index (Phi) is 4.85. The van der Waals surface area contributed by atoms with Gasteiger partial charge in [0.05, 0.1) is 10.7 Å². The minimum Gasteiger partial charge on any atom is -0.325 e. The third-order valence-electron chi connectivity index (χ3n) is 5.30. The molecule has 2 aromatic carbocycles. The van der Waals surface area contributed by atoms with Crippen molar-refractivity contribution < 1.29 is 4.79 Å². The molecule has 0 aliphatic carbocycles. The predicted octanol–water partition coefficient (Wildman–Crippen LogP) is 5.34. The summed E-state index contributed by atoms with van der Waals surface area (Å²) in [4.78, 5) is 23.3. The summed E-state index contributed by atoms with van der Waals surface area (Å²) in [5.74, 6) is 0.590. The Morgan fingerprint density at radius 2 is 1.80 bits per heavy atom. The van der Waals surface area contributed by atoms with Crippen molar-refractivity contribution in [3.8, 4) is 22.4 Å². The number of fused-ring (bicyclic) bond motifs is 1. The van der Waals surface area contributed by atoms with Gasteiger partial charge in [-0.3, -0.25) is 4.40 Å². The van der Waals surface area contributed by atoms with Crippen LogP contribution in [0, 0.1) is 0 Å². The topological polar surface area (TPSA) is 62.5 Å². The number of urea groups is 1. The standard InChI is InChI=1S/C23H20ClN5O/c24-20-9-8-18(26-23(30)28-10-4-5-11-28)12-19(20)21-15-29-14-17(13-25-22(29)27-21)16-6-2-1-3-7-16/h1-3,6-9,12-15H,4-5,10-11H2,(H,26,30). The number of halogens is 1. The molecule has 2 aromatic heterocycles. The van der Waals surface area contributed by atoms with E-state index in [-0.39, 0.29) is 6.03 Å². The average molecular weight is 418 g/mol. The first kappa shape index (κ1) is 18.6. The minimum absolute atomic E-state index is 0.0788. The maximum absolute atomic E-state index is 12.4. The fourth-order valence-electron chi connectivity index (χ4n) is 3.72. The van der Waals surface area contributed by atoms with Gasteiger partial charge in [0.2, 0.25) is 5.78 Å². The monoisotopic (exact) mass is 417 g/mol. The second-order valence-corrected chi connectivity index (χ2v) is 7.77. The van der Waals surface area contributed by atoms with Gasteiger partial charge in [0.15, 0.2) is 0 Å². The second kappa shape index (κ2) is 7.80. The van der Waals surface area contributed by atoms with Gasteiger partial charge in [0.1, 0.15) is 0 Å². The largest absolute Gasteiger partial charge is 0.325 e. The zero-order valence-electron chi connectivity index (χ0n) is 16.3. The number of aromatic nitrogens is 3. The molecule has 6 nitrogen and oxygen atoms in total. The van der Waals surface area contributed by atoms with Crippen molar-refractivity contribution in [2.45, 2.75) is 12.8 Å². The smallest absolute Gasteiger partial charge is 0.321 e. The van der Waals surface area contributed by atoms with Gasteiger partial charge >= 0.3 is 6.03 Å². The quantitative estimate of drug-likeness (QED) is 0.489. The van der Waals surface area contributed by atoms with E-state index in [1.54, 1.807) is 12.1 Å². The highest BCUT2D eigenvalue weighted by molar-refractivity contribution is 6.33. The molecule has 3 heterocycles. The highest BCUT2D eigenvalue weighted by Crippen LogP contribution is 2.31. The van der Waals surface area contributed by atoms with Crippen LogP contribution in [-0.4, -0.2) is 38.4 Å². The lowest BCUT2D eigenvalue weighted by Crippen LogP contribution is -2.32. The number of rotatable bonds is 3. The maximum Gasteiger partial charge on any atom is 0.321 e. The molecule has 0 unspecified atom stereocenters. The Morgan fingerprint density at radius 1 is 1.00 bits per heavy atom. The summed E-state index contributed by atoms with van der Waals surface area (Å²) in [6, 6.07) is 15.4. The van der Waals surface area contributed by atoms with E-state index in [9.17, 15) is 4.79 Å². The first-order chi connectivity index (χ1) is 14.7. The number of anilines is 1. The van der Waals surface area contributed by atoms with E-state index in [4.69, 9.17) is 11.6 Å². The number of hydrogen-bond acceptors (Lipinski definition) is 3. The molecule has 1 aliphatic heterocycles. The molecule has 150 valence electrons. The van der Waals surface area contributed by atoms with E-state index in [2.05, 4.69) is 15.3 Å². The Bertz CT molecular complexity index is 1210. The summed E-state index contributed by atoms with van der Waals surface area (Å²) in [7, 11) is 0. The number of amides is 2. The summed E-state index contributed by atoms with van der Waals surface area (Å²) < 4.78 is 1.89. The molecular weight excluding hydrogens is 398 g/mol. The van der Waals surface area contributed by atoms with E-state index < -0.39 is 0 Å². The Balaban J connectivity index is 1.46. The number of nitrogens with one attached hydrogen (secondary N) is 1. The summed E-state index contributed by atoms with van der Waals surface area (Å²) in [5.41, 5.74) is 4.25. The van der Waals surface area contributed by atoms with E-state index in [1.807, 2.05) is 64.3 Å². The third kappa shape index (κ3) is 3.62. The van der Waals surface area contributed by atoms with Gasteiger partial charge < -0.3 is 10.2 Å². The molecule has 4 aromatic rings. The van der Waals surface area contributed by atoms with Crippen LogP contribution in [0.5, 0.6) is 0 Å². The van der Waals surface area contributed by atoms with Crippen molar-refractivity contribution in [3.05, 3.63) is 72.1 Å². The maximum atomic E-state index is 12.4. The first-order valence-corrected chi connectivity index (χ1v) is 10.3. The number of benzene rings is 2. The van der Waals surface area contributed by atoms with Crippen LogP contribution < -0.4 is 5.32 Å². The lowest BCUT2D eigenvalue weighted by molar-refractivity contribution is 0.222. The number of carbonyl (C=O) groups excluding carboxylic acids is 1. The van der Waals surface area contributed by atoms with E-state index in [0.29, 0.717) is 22.2 Å². The average Bonchev–Trinajstić information content (AvgIpc) is 3.45. The van der Waals surface area contributed by atoms with Gasteiger partial charge in [0, 0.05) is 48.5 Å². The molecule has 0 atom stereocenters. The highest BCUT2D eigenvalue weighted by Gasteiger charge is 2.18. The van der Waals surface area contributed by atoms with Crippen LogP contribution in [0.4, 0.5) is 10.5 Å². The SMILES string of the molecule is O=C(Nc1ccc(Cl)c(-c2cn3cc(-c4ccccc4)cnc3n2)c1)N1CCCC1. The van der Waals surface area contributed by atoms with Crippen LogP contribution in [0.1, 0.15) is 12.8 Å². The van der Waals surface area contributed by atoms with E-state index >= 15 is 0 Å². The Hall–Kier alpha value is -3.38. The highest BCUT2D eigenvalue weighted by atomic mass is 35.5. The summed E-state index contributed by atoms with van der Waals surface area (Å²) >= 11 is 6.46. The lowest BCUT2D eigenvalue weighted by Gasteiger charge is -2.16.